The normalized spacial score (nSPS) is 11.2. The molecule has 0 fully saturated rings. The van der Waals surface area contributed by atoms with Crippen LogP contribution < -0.4 is 10.6 Å². The fraction of sp³-hybridized carbons (Fsp3) is 0. The zero-order valence-corrected chi connectivity index (χ0v) is 16.2. The van der Waals surface area contributed by atoms with E-state index in [0.717, 1.165) is 12.1 Å². The summed E-state index contributed by atoms with van der Waals surface area (Å²) in [6.45, 7) is 0. The Balaban J connectivity index is 1.90. The summed E-state index contributed by atoms with van der Waals surface area (Å²) in [5.74, 6) is -22.4. The summed E-state index contributed by atoms with van der Waals surface area (Å²) in [7, 11) is 0. The molecule has 0 saturated heterocycles. The quantitative estimate of drug-likeness (QED) is 0.174. The van der Waals surface area contributed by atoms with Crippen molar-refractivity contribution in [2.24, 2.45) is 0 Å². The van der Waals surface area contributed by atoms with Gasteiger partial charge in [0.15, 0.2) is 46.5 Å². The minimum Gasteiger partial charge on any atom is -0.350 e. The molecule has 4 aromatic rings. The van der Waals surface area contributed by atoms with E-state index in [4.69, 9.17) is 0 Å². The first-order valence-corrected chi connectivity index (χ1v) is 9.13. The van der Waals surface area contributed by atoms with Crippen LogP contribution >= 0.6 is 0 Å². The maximum Gasteiger partial charge on any atom is 0.200 e. The number of hydrogen-bond donors (Lipinski definition) is 2. The van der Waals surface area contributed by atoms with Gasteiger partial charge in [0, 0.05) is 16.8 Å². The molecular formula is C22H8F10N2. The fourth-order valence-electron chi connectivity index (χ4n) is 3.25. The van der Waals surface area contributed by atoms with Crippen LogP contribution in [0.15, 0.2) is 36.4 Å². The standard InChI is InChI=1S/C22H8F10N2/c23-11-13(25)17(29)21(18(30)14(11)26)33-8-5-1-3-7-4-2-6-9(10(7)8)34-22-19(31)15(27)12(24)16(28)20(22)32/h1-6,33-34H. The zero-order valence-electron chi connectivity index (χ0n) is 16.2. The van der Waals surface area contributed by atoms with Crippen LogP contribution in [0.3, 0.4) is 0 Å². The van der Waals surface area contributed by atoms with Gasteiger partial charge >= 0.3 is 0 Å². The second kappa shape index (κ2) is 8.43. The van der Waals surface area contributed by atoms with Crippen LogP contribution in [0.2, 0.25) is 0 Å². The van der Waals surface area contributed by atoms with Crippen LogP contribution in [-0.2, 0) is 0 Å². The van der Waals surface area contributed by atoms with E-state index < -0.39 is 69.5 Å². The summed E-state index contributed by atoms with van der Waals surface area (Å²) in [5.41, 5.74) is -3.47. The van der Waals surface area contributed by atoms with E-state index in [1.807, 2.05) is 10.6 Å². The molecule has 0 aliphatic rings. The van der Waals surface area contributed by atoms with Gasteiger partial charge in [-0.15, -0.1) is 0 Å². The lowest BCUT2D eigenvalue weighted by Gasteiger charge is -2.17. The van der Waals surface area contributed by atoms with E-state index in [2.05, 4.69) is 0 Å². The second-order valence-electron chi connectivity index (χ2n) is 6.85. The molecule has 0 atom stereocenters. The van der Waals surface area contributed by atoms with Crippen molar-refractivity contribution in [2.75, 3.05) is 10.6 Å². The highest BCUT2D eigenvalue weighted by molar-refractivity contribution is 6.05. The van der Waals surface area contributed by atoms with Crippen molar-refractivity contribution in [1.29, 1.82) is 0 Å². The van der Waals surface area contributed by atoms with Crippen LogP contribution in [0.4, 0.5) is 66.7 Å². The number of benzene rings is 4. The molecule has 0 spiro atoms. The lowest BCUT2D eigenvalue weighted by Crippen LogP contribution is -2.08. The minimum absolute atomic E-state index is 0.127. The summed E-state index contributed by atoms with van der Waals surface area (Å²) in [4.78, 5) is 0. The van der Waals surface area contributed by atoms with E-state index >= 15 is 0 Å². The van der Waals surface area contributed by atoms with E-state index in [1.165, 1.54) is 24.3 Å². The number of rotatable bonds is 4. The Hall–Kier alpha value is -3.96. The first-order chi connectivity index (χ1) is 16.0. The van der Waals surface area contributed by atoms with Crippen molar-refractivity contribution < 1.29 is 43.9 Å². The van der Waals surface area contributed by atoms with Crippen LogP contribution in [0, 0.1) is 58.2 Å². The van der Waals surface area contributed by atoms with Gasteiger partial charge in [-0.05, 0) is 17.5 Å². The molecule has 2 N–H and O–H groups in total. The third kappa shape index (κ3) is 3.55. The average molecular weight is 490 g/mol. The van der Waals surface area contributed by atoms with Gasteiger partial charge in [-0.2, -0.15) is 0 Å². The molecule has 12 heteroatoms. The molecule has 0 bridgehead atoms. The highest BCUT2D eigenvalue weighted by Gasteiger charge is 2.28. The maximum absolute atomic E-state index is 14.2. The van der Waals surface area contributed by atoms with Gasteiger partial charge in [0.2, 0.25) is 11.6 Å². The number of halogens is 10. The number of hydrogen-bond acceptors (Lipinski definition) is 2. The van der Waals surface area contributed by atoms with E-state index in [0.29, 0.717) is 0 Å². The van der Waals surface area contributed by atoms with Crippen molar-refractivity contribution >= 4 is 33.5 Å². The van der Waals surface area contributed by atoms with E-state index in [-0.39, 0.29) is 22.1 Å². The maximum atomic E-state index is 14.2. The van der Waals surface area contributed by atoms with Gasteiger partial charge in [0.25, 0.3) is 0 Å². The molecule has 0 aliphatic carbocycles. The van der Waals surface area contributed by atoms with Crippen molar-refractivity contribution in [3.05, 3.63) is 94.6 Å². The molecule has 0 amide bonds. The molecule has 2 nitrogen and oxygen atoms in total. The number of fused-ring (bicyclic) bond motifs is 1. The molecule has 0 heterocycles. The SMILES string of the molecule is Fc1c(F)c(F)c(Nc2cccc3cccc(Nc4c(F)c(F)c(F)c(F)c4F)c23)c(F)c1F. The largest absolute Gasteiger partial charge is 0.350 e. The smallest absolute Gasteiger partial charge is 0.200 e. The first kappa shape index (κ1) is 23.2. The van der Waals surface area contributed by atoms with E-state index in [1.54, 1.807) is 0 Å². The molecule has 0 unspecified atom stereocenters. The van der Waals surface area contributed by atoms with Crippen LogP contribution in [0.1, 0.15) is 0 Å². The Kier molecular flexibility index (Phi) is 5.75. The van der Waals surface area contributed by atoms with E-state index in [9.17, 15) is 43.9 Å². The Morgan fingerprint density at radius 1 is 0.382 bits per heavy atom. The molecule has 4 aromatic carbocycles. The zero-order chi connectivity index (χ0) is 24.9. The predicted molar refractivity (Wildman–Crippen MR) is 103 cm³/mol. The van der Waals surface area contributed by atoms with Gasteiger partial charge in [-0.3, -0.25) is 0 Å². The fourth-order valence-corrected chi connectivity index (χ4v) is 3.25. The molecule has 0 saturated carbocycles. The average Bonchev–Trinajstić information content (AvgIpc) is 2.84. The van der Waals surface area contributed by atoms with Crippen molar-refractivity contribution in [3.63, 3.8) is 0 Å². The molecule has 176 valence electrons. The van der Waals surface area contributed by atoms with Gasteiger partial charge in [-0.25, -0.2) is 43.9 Å². The van der Waals surface area contributed by atoms with Crippen LogP contribution in [-0.4, -0.2) is 0 Å². The highest BCUT2D eigenvalue weighted by atomic mass is 19.2. The van der Waals surface area contributed by atoms with Gasteiger partial charge < -0.3 is 10.6 Å². The third-order valence-electron chi connectivity index (χ3n) is 4.84. The van der Waals surface area contributed by atoms with Gasteiger partial charge in [0.05, 0.1) is 0 Å². The lowest BCUT2D eigenvalue weighted by atomic mass is 10.1. The molecule has 0 aliphatic heterocycles. The Bertz CT molecular complexity index is 1300. The van der Waals surface area contributed by atoms with Crippen LogP contribution in [0.5, 0.6) is 0 Å². The van der Waals surface area contributed by atoms with Crippen molar-refractivity contribution in [1.82, 2.24) is 0 Å². The lowest BCUT2D eigenvalue weighted by molar-refractivity contribution is 0.382. The number of nitrogens with one attached hydrogen (secondary N) is 2. The Morgan fingerprint density at radius 3 is 1.00 bits per heavy atom. The summed E-state index contributed by atoms with van der Waals surface area (Å²) >= 11 is 0. The summed E-state index contributed by atoms with van der Waals surface area (Å²) in [6, 6.07) is 7.71. The molecule has 0 aromatic heterocycles. The first-order valence-electron chi connectivity index (χ1n) is 9.13. The Labute approximate surface area is 183 Å². The monoisotopic (exact) mass is 490 g/mol. The van der Waals surface area contributed by atoms with Gasteiger partial charge in [-0.1, -0.05) is 24.3 Å². The summed E-state index contributed by atoms with van der Waals surface area (Å²) < 4.78 is 138. The molecule has 34 heavy (non-hydrogen) atoms. The second-order valence-corrected chi connectivity index (χ2v) is 6.85. The predicted octanol–water partition coefficient (Wildman–Crippen LogP) is 7.72. The Morgan fingerprint density at radius 2 is 0.676 bits per heavy atom. The summed E-state index contributed by atoms with van der Waals surface area (Å²) in [5, 5.41) is 4.18. The minimum atomic E-state index is -2.38. The van der Waals surface area contributed by atoms with Crippen molar-refractivity contribution in [2.45, 2.75) is 0 Å². The molecule has 0 radical (unpaired) electrons. The third-order valence-corrected chi connectivity index (χ3v) is 4.84. The highest BCUT2D eigenvalue weighted by Crippen LogP contribution is 2.38. The molecule has 4 rings (SSSR count). The van der Waals surface area contributed by atoms with Crippen LogP contribution in [0.25, 0.3) is 10.8 Å². The summed E-state index contributed by atoms with van der Waals surface area (Å²) in [6.07, 6.45) is 0. The van der Waals surface area contributed by atoms with Crippen molar-refractivity contribution in [3.8, 4) is 0 Å². The van der Waals surface area contributed by atoms with Gasteiger partial charge in [0.1, 0.15) is 11.4 Å². The topological polar surface area (TPSA) is 24.1 Å². The number of anilines is 4. The molecular weight excluding hydrogens is 482 g/mol.